The maximum atomic E-state index is 12.3. The van der Waals surface area contributed by atoms with Crippen LogP contribution in [-0.2, 0) is 14.8 Å². The standard InChI is InChI=1S/C12H24N2O3S/c1-2-13-7-10-18(15,16)14-8-9-17-12-6-4-3-5-11(12)14/h11-13H,2-10H2,1H3. The molecule has 2 atom stereocenters. The number of rotatable bonds is 5. The number of morpholine rings is 1. The van der Waals surface area contributed by atoms with Crippen molar-refractivity contribution in [2.75, 3.05) is 32.0 Å². The minimum Gasteiger partial charge on any atom is -0.375 e. The minimum atomic E-state index is -3.14. The van der Waals surface area contributed by atoms with Crippen LogP contribution in [0.4, 0.5) is 0 Å². The van der Waals surface area contributed by atoms with E-state index in [2.05, 4.69) is 5.32 Å². The van der Waals surface area contributed by atoms with Gasteiger partial charge in [-0.25, -0.2) is 8.42 Å². The number of hydrogen-bond acceptors (Lipinski definition) is 4. The molecule has 0 amide bonds. The van der Waals surface area contributed by atoms with E-state index in [1.807, 2.05) is 6.92 Å². The molecule has 0 aromatic heterocycles. The SMILES string of the molecule is CCNCCS(=O)(=O)N1CCOC2CCCCC21. The summed E-state index contributed by atoms with van der Waals surface area (Å²) in [6.45, 7) is 4.40. The highest BCUT2D eigenvalue weighted by atomic mass is 32.2. The van der Waals surface area contributed by atoms with Crippen LogP contribution in [0, 0.1) is 0 Å². The van der Waals surface area contributed by atoms with Crippen LogP contribution in [0.25, 0.3) is 0 Å². The fourth-order valence-corrected chi connectivity index (χ4v) is 4.54. The largest absolute Gasteiger partial charge is 0.375 e. The van der Waals surface area contributed by atoms with Gasteiger partial charge in [0, 0.05) is 13.1 Å². The Balaban J connectivity index is 2.00. The zero-order valence-corrected chi connectivity index (χ0v) is 11.9. The Kier molecular flexibility index (Phi) is 5.00. The van der Waals surface area contributed by atoms with Crippen molar-refractivity contribution >= 4 is 10.0 Å². The molecule has 6 heteroatoms. The third-order valence-corrected chi connectivity index (χ3v) is 5.71. The molecule has 2 aliphatic rings. The average molecular weight is 276 g/mol. The van der Waals surface area contributed by atoms with E-state index < -0.39 is 10.0 Å². The molecule has 18 heavy (non-hydrogen) atoms. The molecule has 1 heterocycles. The lowest BCUT2D eigenvalue weighted by molar-refractivity contribution is -0.0585. The molecule has 1 saturated heterocycles. The normalized spacial score (nSPS) is 30.1. The molecule has 0 aromatic rings. The number of sulfonamides is 1. The second-order valence-electron chi connectivity index (χ2n) is 5.04. The van der Waals surface area contributed by atoms with Crippen LogP contribution in [-0.4, -0.2) is 56.9 Å². The third kappa shape index (κ3) is 3.23. The summed E-state index contributed by atoms with van der Waals surface area (Å²) in [5.41, 5.74) is 0. The Bertz CT molecular complexity index is 356. The number of nitrogens with one attached hydrogen (secondary N) is 1. The summed E-state index contributed by atoms with van der Waals surface area (Å²) < 4.78 is 32.1. The highest BCUT2D eigenvalue weighted by molar-refractivity contribution is 7.89. The Hall–Kier alpha value is -0.170. The second-order valence-corrected chi connectivity index (χ2v) is 7.08. The lowest BCUT2D eigenvalue weighted by Crippen LogP contribution is -2.55. The van der Waals surface area contributed by atoms with E-state index >= 15 is 0 Å². The molecular formula is C12H24N2O3S. The number of hydrogen-bond donors (Lipinski definition) is 1. The molecule has 1 aliphatic carbocycles. The Morgan fingerprint density at radius 3 is 2.89 bits per heavy atom. The first-order valence-electron chi connectivity index (χ1n) is 6.97. The van der Waals surface area contributed by atoms with Gasteiger partial charge in [-0.1, -0.05) is 19.8 Å². The van der Waals surface area contributed by atoms with Crippen molar-refractivity contribution in [2.45, 2.75) is 44.8 Å². The molecule has 1 N–H and O–H groups in total. The van der Waals surface area contributed by atoms with E-state index in [-0.39, 0.29) is 17.9 Å². The van der Waals surface area contributed by atoms with Gasteiger partial charge < -0.3 is 10.1 Å². The molecule has 1 aliphatic heterocycles. The van der Waals surface area contributed by atoms with Gasteiger partial charge in [-0.3, -0.25) is 0 Å². The van der Waals surface area contributed by atoms with Crippen molar-refractivity contribution in [2.24, 2.45) is 0 Å². The Morgan fingerprint density at radius 2 is 2.11 bits per heavy atom. The topological polar surface area (TPSA) is 58.6 Å². The lowest BCUT2D eigenvalue weighted by Gasteiger charge is -2.42. The smallest absolute Gasteiger partial charge is 0.215 e. The highest BCUT2D eigenvalue weighted by Crippen LogP contribution is 2.30. The first kappa shape index (κ1) is 14.2. The molecule has 0 aromatic carbocycles. The Morgan fingerprint density at radius 1 is 1.33 bits per heavy atom. The maximum Gasteiger partial charge on any atom is 0.215 e. The van der Waals surface area contributed by atoms with Gasteiger partial charge in [0.1, 0.15) is 0 Å². The average Bonchev–Trinajstić information content (AvgIpc) is 2.38. The van der Waals surface area contributed by atoms with Crippen LogP contribution in [0.2, 0.25) is 0 Å². The van der Waals surface area contributed by atoms with E-state index in [0.29, 0.717) is 19.7 Å². The van der Waals surface area contributed by atoms with Crippen LogP contribution in [0.5, 0.6) is 0 Å². The lowest BCUT2D eigenvalue weighted by atomic mass is 9.91. The van der Waals surface area contributed by atoms with Crippen LogP contribution in [0.1, 0.15) is 32.6 Å². The molecule has 0 bridgehead atoms. The van der Waals surface area contributed by atoms with Crippen LogP contribution < -0.4 is 5.32 Å². The summed E-state index contributed by atoms with van der Waals surface area (Å²) in [7, 11) is -3.14. The van der Waals surface area contributed by atoms with E-state index in [4.69, 9.17) is 4.74 Å². The molecule has 2 rings (SSSR count). The molecule has 0 spiro atoms. The van der Waals surface area contributed by atoms with E-state index in [1.54, 1.807) is 4.31 Å². The summed E-state index contributed by atoms with van der Waals surface area (Å²) in [6, 6.07) is 0.0825. The van der Waals surface area contributed by atoms with Gasteiger partial charge in [-0.15, -0.1) is 0 Å². The first-order valence-corrected chi connectivity index (χ1v) is 8.58. The van der Waals surface area contributed by atoms with Gasteiger partial charge >= 0.3 is 0 Å². The minimum absolute atomic E-state index is 0.0825. The van der Waals surface area contributed by atoms with Gasteiger partial charge in [0.25, 0.3) is 0 Å². The molecule has 0 radical (unpaired) electrons. The van der Waals surface area contributed by atoms with Crippen molar-refractivity contribution in [3.8, 4) is 0 Å². The zero-order chi connectivity index (χ0) is 13.0. The predicted molar refractivity (Wildman–Crippen MR) is 71.0 cm³/mol. The van der Waals surface area contributed by atoms with E-state index in [1.165, 1.54) is 0 Å². The van der Waals surface area contributed by atoms with Crippen LogP contribution in [0.3, 0.4) is 0 Å². The number of ether oxygens (including phenoxy) is 1. The predicted octanol–water partition coefficient (Wildman–Crippen LogP) is 0.569. The molecule has 1 saturated carbocycles. The van der Waals surface area contributed by atoms with Gasteiger partial charge in [0.05, 0.1) is 24.5 Å². The van der Waals surface area contributed by atoms with Gasteiger partial charge in [0.15, 0.2) is 0 Å². The van der Waals surface area contributed by atoms with Crippen molar-refractivity contribution < 1.29 is 13.2 Å². The van der Waals surface area contributed by atoms with Crippen LogP contribution in [0.15, 0.2) is 0 Å². The molecule has 106 valence electrons. The summed E-state index contributed by atoms with van der Waals surface area (Å²) in [5.74, 6) is 0.198. The number of nitrogens with zero attached hydrogens (tertiary/aromatic N) is 1. The quantitative estimate of drug-likeness (QED) is 0.746. The van der Waals surface area contributed by atoms with Crippen molar-refractivity contribution in [3.63, 3.8) is 0 Å². The van der Waals surface area contributed by atoms with Gasteiger partial charge in [-0.2, -0.15) is 4.31 Å². The molecule has 2 unspecified atom stereocenters. The van der Waals surface area contributed by atoms with E-state index in [9.17, 15) is 8.42 Å². The van der Waals surface area contributed by atoms with Crippen molar-refractivity contribution in [1.29, 1.82) is 0 Å². The molecule has 2 fully saturated rings. The fraction of sp³-hybridized carbons (Fsp3) is 1.00. The molecular weight excluding hydrogens is 252 g/mol. The summed E-state index contributed by atoms with van der Waals surface area (Å²) in [6.07, 6.45) is 4.35. The van der Waals surface area contributed by atoms with Crippen molar-refractivity contribution in [1.82, 2.24) is 9.62 Å². The van der Waals surface area contributed by atoms with Gasteiger partial charge in [-0.05, 0) is 19.4 Å². The monoisotopic (exact) mass is 276 g/mol. The number of fused-ring (bicyclic) bond motifs is 1. The van der Waals surface area contributed by atoms with Crippen molar-refractivity contribution in [3.05, 3.63) is 0 Å². The highest BCUT2D eigenvalue weighted by Gasteiger charge is 2.39. The zero-order valence-electron chi connectivity index (χ0n) is 11.1. The molecule has 5 nitrogen and oxygen atoms in total. The third-order valence-electron chi connectivity index (χ3n) is 3.83. The maximum absolute atomic E-state index is 12.3. The fourth-order valence-electron chi connectivity index (χ4n) is 2.90. The van der Waals surface area contributed by atoms with Crippen LogP contribution >= 0.6 is 0 Å². The summed E-state index contributed by atoms with van der Waals surface area (Å²) in [5, 5.41) is 3.08. The second kappa shape index (κ2) is 6.32. The Labute approximate surface area is 110 Å². The summed E-state index contributed by atoms with van der Waals surface area (Å²) in [4.78, 5) is 0. The summed E-state index contributed by atoms with van der Waals surface area (Å²) >= 11 is 0. The van der Waals surface area contributed by atoms with E-state index in [0.717, 1.165) is 32.2 Å². The van der Waals surface area contributed by atoms with Gasteiger partial charge in [0.2, 0.25) is 10.0 Å². The first-order chi connectivity index (χ1) is 8.65.